The molecule has 0 bridgehead atoms. The number of hydrogen-bond acceptors (Lipinski definition) is 4. The molecule has 3 aromatic rings. The predicted octanol–water partition coefficient (Wildman–Crippen LogP) is 5.22. The molecule has 0 fully saturated rings. The van der Waals surface area contributed by atoms with E-state index in [1.165, 1.54) is 0 Å². The molecule has 2 aromatic carbocycles. The van der Waals surface area contributed by atoms with E-state index in [4.69, 9.17) is 14.5 Å². The van der Waals surface area contributed by atoms with Gasteiger partial charge in [0, 0.05) is 6.54 Å². The summed E-state index contributed by atoms with van der Waals surface area (Å²) in [7, 11) is 1.66. The highest BCUT2D eigenvalue weighted by Gasteiger charge is 2.20. The van der Waals surface area contributed by atoms with Crippen molar-refractivity contribution in [2.45, 2.75) is 33.4 Å². The van der Waals surface area contributed by atoms with Gasteiger partial charge in [-0.1, -0.05) is 26.0 Å². The maximum Gasteiger partial charge on any atom is 0.175 e. The van der Waals surface area contributed by atoms with E-state index in [0.717, 1.165) is 38.4 Å². The van der Waals surface area contributed by atoms with Gasteiger partial charge in [-0.25, -0.2) is 4.98 Å². The fourth-order valence-electron chi connectivity index (χ4n) is 3.16. The zero-order chi connectivity index (χ0) is 19.4. The number of rotatable bonds is 8. The summed E-state index contributed by atoms with van der Waals surface area (Å²) in [6.07, 6.45) is 0. The average molecular weight is 432 g/mol. The molecule has 0 aliphatic rings. The molecular weight excluding hydrogens is 406 g/mol. The molecule has 0 aliphatic heterocycles. The van der Waals surface area contributed by atoms with Crippen molar-refractivity contribution >= 4 is 27.0 Å². The van der Waals surface area contributed by atoms with Crippen molar-refractivity contribution in [1.82, 2.24) is 15.3 Å². The van der Waals surface area contributed by atoms with Crippen LogP contribution in [-0.2, 0) is 6.54 Å². The molecule has 0 spiro atoms. The molecule has 2 N–H and O–H groups in total. The Labute approximate surface area is 168 Å². The molecule has 0 radical (unpaired) electrons. The molecule has 144 valence electrons. The number of ether oxygens (including phenoxy) is 2. The van der Waals surface area contributed by atoms with Crippen LogP contribution in [0.3, 0.4) is 0 Å². The first kappa shape index (κ1) is 19.7. The largest absolute Gasteiger partial charge is 0.493 e. The van der Waals surface area contributed by atoms with Crippen LogP contribution in [0.1, 0.15) is 38.2 Å². The number of aromatic nitrogens is 2. The molecule has 3 rings (SSSR count). The first-order valence-corrected chi connectivity index (χ1v) is 10.00. The minimum atomic E-state index is 0.119. The molecule has 0 aliphatic carbocycles. The SMILES string of the molecule is CCOc1c(Br)cc(CNC(c2nc3ccccc3[nH]2)C(C)C)cc1OC. The number of methoxy groups -OCH3 is 1. The van der Waals surface area contributed by atoms with Crippen LogP contribution in [0.2, 0.25) is 0 Å². The summed E-state index contributed by atoms with van der Waals surface area (Å²) in [5.74, 6) is 2.82. The van der Waals surface area contributed by atoms with Gasteiger partial charge in [-0.05, 0) is 58.6 Å². The third kappa shape index (κ3) is 4.45. The van der Waals surface area contributed by atoms with Crippen molar-refractivity contribution in [2.24, 2.45) is 5.92 Å². The maximum absolute atomic E-state index is 5.67. The summed E-state index contributed by atoms with van der Waals surface area (Å²) in [5.41, 5.74) is 3.17. The van der Waals surface area contributed by atoms with Crippen molar-refractivity contribution < 1.29 is 9.47 Å². The van der Waals surface area contributed by atoms with Crippen molar-refractivity contribution in [1.29, 1.82) is 0 Å². The van der Waals surface area contributed by atoms with Crippen LogP contribution in [-0.4, -0.2) is 23.7 Å². The Morgan fingerprint density at radius 1 is 1.22 bits per heavy atom. The Morgan fingerprint density at radius 2 is 2.00 bits per heavy atom. The summed E-state index contributed by atoms with van der Waals surface area (Å²) < 4.78 is 12.1. The van der Waals surface area contributed by atoms with Crippen molar-refractivity contribution in [3.8, 4) is 11.5 Å². The quantitative estimate of drug-likeness (QED) is 0.513. The van der Waals surface area contributed by atoms with Crippen LogP contribution >= 0.6 is 15.9 Å². The van der Waals surface area contributed by atoms with E-state index in [0.29, 0.717) is 19.1 Å². The molecule has 0 saturated heterocycles. The van der Waals surface area contributed by atoms with Gasteiger partial charge in [0.15, 0.2) is 11.5 Å². The summed E-state index contributed by atoms with van der Waals surface area (Å²) in [4.78, 5) is 8.21. The monoisotopic (exact) mass is 431 g/mol. The highest BCUT2D eigenvalue weighted by atomic mass is 79.9. The van der Waals surface area contributed by atoms with E-state index < -0.39 is 0 Å². The molecule has 0 amide bonds. The van der Waals surface area contributed by atoms with Gasteiger partial charge < -0.3 is 19.8 Å². The molecule has 1 heterocycles. The third-order valence-electron chi connectivity index (χ3n) is 4.47. The lowest BCUT2D eigenvalue weighted by atomic mass is 10.0. The lowest BCUT2D eigenvalue weighted by Gasteiger charge is -2.21. The predicted molar refractivity (Wildman–Crippen MR) is 112 cm³/mol. The second kappa shape index (κ2) is 8.76. The molecule has 5 nitrogen and oxygen atoms in total. The minimum absolute atomic E-state index is 0.119. The topological polar surface area (TPSA) is 59.2 Å². The number of halogens is 1. The normalized spacial score (nSPS) is 12.5. The lowest BCUT2D eigenvalue weighted by Crippen LogP contribution is -2.26. The molecule has 27 heavy (non-hydrogen) atoms. The summed E-state index contributed by atoms with van der Waals surface area (Å²) in [6.45, 7) is 7.64. The second-order valence-electron chi connectivity index (χ2n) is 6.78. The van der Waals surface area contributed by atoms with Crippen molar-refractivity contribution in [2.75, 3.05) is 13.7 Å². The molecule has 6 heteroatoms. The molecule has 1 atom stereocenters. The minimum Gasteiger partial charge on any atom is -0.493 e. The number of hydrogen-bond donors (Lipinski definition) is 2. The Balaban J connectivity index is 1.81. The number of aromatic amines is 1. The smallest absolute Gasteiger partial charge is 0.175 e. The lowest BCUT2D eigenvalue weighted by molar-refractivity contribution is 0.308. The standard InChI is InChI=1S/C21H26BrN3O2/c1-5-27-20-15(22)10-14(11-18(20)26-4)12-23-19(13(2)3)21-24-16-8-6-7-9-17(16)25-21/h6-11,13,19,23H,5,12H2,1-4H3,(H,24,25). The zero-order valence-corrected chi connectivity index (χ0v) is 17.8. The molecular formula is C21H26BrN3O2. The van der Waals surface area contributed by atoms with Crippen LogP contribution in [0, 0.1) is 5.92 Å². The fraction of sp³-hybridized carbons (Fsp3) is 0.381. The first-order chi connectivity index (χ1) is 13.0. The zero-order valence-electron chi connectivity index (χ0n) is 16.2. The Morgan fingerprint density at radius 3 is 2.67 bits per heavy atom. The molecule has 1 unspecified atom stereocenters. The number of nitrogens with one attached hydrogen (secondary N) is 2. The van der Waals surface area contributed by atoms with Crippen molar-refractivity contribution in [3.05, 3.63) is 52.3 Å². The van der Waals surface area contributed by atoms with Crippen molar-refractivity contribution in [3.63, 3.8) is 0 Å². The highest BCUT2D eigenvalue weighted by Crippen LogP contribution is 2.37. The number of fused-ring (bicyclic) bond motifs is 1. The van der Waals surface area contributed by atoms with E-state index in [1.807, 2.05) is 31.2 Å². The number of nitrogens with zero attached hydrogens (tertiary/aromatic N) is 1. The third-order valence-corrected chi connectivity index (χ3v) is 5.06. The Kier molecular flexibility index (Phi) is 6.39. The number of para-hydroxylation sites is 2. The van der Waals surface area contributed by atoms with E-state index in [1.54, 1.807) is 7.11 Å². The van der Waals surface area contributed by atoms with Gasteiger partial charge in [0.1, 0.15) is 5.82 Å². The van der Waals surface area contributed by atoms with Gasteiger partial charge in [0.25, 0.3) is 0 Å². The van der Waals surface area contributed by atoms with E-state index >= 15 is 0 Å². The molecule has 1 aromatic heterocycles. The first-order valence-electron chi connectivity index (χ1n) is 9.20. The summed E-state index contributed by atoms with van der Waals surface area (Å²) in [5, 5.41) is 3.63. The second-order valence-corrected chi connectivity index (χ2v) is 7.64. The van der Waals surface area contributed by atoms with E-state index in [9.17, 15) is 0 Å². The van der Waals surface area contributed by atoms with Crippen LogP contribution in [0.4, 0.5) is 0 Å². The number of benzene rings is 2. The summed E-state index contributed by atoms with van der Waals surface area (Å²) >= 11 is 3.59. The Bertz CT molecular complexity index is 875. The van der Waals surface area contributed by atoms with Crippen LogP contribution < -0.4 is 14.8 Å². The fourth-order valence-corrected chi connectivity index (χ4v) is 3.76. The molecule has 0 saturated carbocycles. The Hall–Kier alpha value is -2.05. The highest BCUT2D eigenvalue weighted by molar-refractivity contribution is 9.10. The number of H-pyrrole nitrogens is 1. The van der Waals surface area contributed by atoms with Gasteiger partial charge in [-0.15, -0.1) is 0 Å². The van der Waals surface area contributed by atoms with Gasteiger partial charge in [0.2, 0.25) is 0 Å². The van der Waals surface area contributed by atoms with Gasteiger partial charge >= 0.3 is 0 Å². The van der Waals surface area contributed by atoms with Gasteiger partial charge in [-0.3, -0.25) is 0 Å². The van der Waals surface area contributed by atoms with Crippen LogP contribution in [0.15, 0.2) is 40.9 Å². The van der Waals surface area contributed by atoms with Crippen LogP contribution in [0.5, 0.6) is 11.5 Å². The van der Waals surface area contributed by atoms with E-state index in [2.05, 4.69) is 52.2 Å². The summed E-state index contributed by atoms with van der Waals surface area (Å²) in [6, 6.07) is 12.3. The average Bonchev–Trinajstić information content (AvgIpc) is 3.07. The van der Waals surface area contributed by atoms with E-state index in [-0.39, 0.29) is 6.04 Å². The van der Waals surface area contributed by atoms with Gasteiger partial charge in [0.05, 0.1) is 35.3 Å². The van der Waals surface area contributed by atoms with Gasteiger partial charge in [-0.2, -0.15) is 0 Å². The maximum atomic E-state index is 5.67. The number of imidazole rings is 1. The van der Waals surface area contributed by atoms with Crippen LogP contribution in [0.25, 0.3) is 11.0 Å².